The number of ether oxygens (including phenoxy) is 1. The predicted octanol–water partition coefficient (Wildman–Crippen LogP) is 1.90. The summed E-state index contributed by atoms with van der Waals surface area (Å²) in [5, 5.41) is 7.96. The number of nitrogens with zero attached hydrogens (tertiary/aromatic N) is 2. The van der Waals surface area contributed by atoms with Gasteiger partial charge in [0.15, 0.2) is 0 Å². The van der Waals surface area contributed by atoms with Crippen molar-refractivity contribution in [3.8, 4) is 0 Å². The summed E-state index contributed by atoms with van der Waals surface area (Å²) in [4.78, 5) is 0. The maximum atomic E-state index is 5.60. The summed E-state index contributed by atoms with van der Waals surface area (Å²) in [5.41, 5.74) is 2.39. The maximum Gasteiger partial charge on any atom is 0.0597 e. The zero-order valence-corrected chi connectivity index (χ0v) is 11.1. The van der Waals surface area contributed by atoms with E-state index in [0.29, 0.717) is 12.0 Å². The highest BCUT2D eigenvalue weighted by molar-refractivity contribution is 5.14. The average molecular weight is 237 g/mol. The van der Waals surface area contributed by atoms with Gasteiger partial charge in [-0.1, -0.05) is 0 Å². The molecule has 17 heavy (non-hydrogen) atoms. The van der Waals surface area contributed by atoms with E-state index < -0.39 is 0 Å². The lowest BCUT2D eigenvalue weighted by Crippen LogP contribution is -2.33. The van der Waals surface area contributed by atoms with Crippen molar-refractivity contribution in [1.29, 1.82) is 0 Å². The average Bonchev–Trinajstić information content (AvgIpc) is 2.73. The van der Waals surface area contributed by atoms with Gasteiger partial charge in [-0.25, -0.2) is 0 Å². The van der Waals surface area contributed by atoms with E-state index in [2.05, 4.69) is 35.0 Å². The first-order valence-electron chi connectivity index (χ1n) is 6.55. The fourth-order valence-corrected chi connectivity index (χ4v) is 2.72. The van der Waals surface area contributed by atoms with Crippen LogP contribution in [0, 0.1) is 12.8 Å². The summed E-state index contributed by atoms with van der Waals surface area (Å²) in [7, 11) is 2.03. The molecule has 2 unspecified atom stereocenters. The molecule has 1 saturated heterocycles. The van der Waals surface area contributed by atoms with Crippen molar-refractivity contribution in [2.45, 2.75) is 39.3 Å². The van der Waals surface area contributed by atoms with Crippen molar-refractivity contribution in [2.24, 2.45) is 5.92 Å². The lowest BCUT2D eigenvalue weighted by atomic mass is 9.91. The van der Waals surface area contributed by atoms with Crippen LogP contribution in [0.2, 0.25) is 0 Å². The first-order valence-corrected chi connectivity index (χ1v) is 6.55. The third-order valence-electron chi connectivity index (χ3n) is 3.53. The van der Waals surface area contributed by atoms with E-state index in [-0.39, 0.29) is 0 Å². The van der Waals surface area contributed by atoms with Gasteiger partial charge in [0.2, 0.25) is 0 Å². The summed E-state index contributed by atoms with van der Waals surface area (Å²) in [6.45, 7) is 6.90. The second-order valence-electron chi connectivity index (χ2n) is 4.77. The molecule has 0 aliphatic carbocycles. The Morgan fingerprint density at radius 2 is 2.47 bits per heavy atom. The Morgan fingerprint density at radius 3 is 3.06 bits per heavy atom. The third kappa shape index (κ3) is 2.69. The largest absolute Gasteiger partial charge is 0.381 e. The van der Waals surface area contributed by atoms with Crippen LogP contribution < -0.4 is 5.32 Å². The van der Waals surface area contributed by atoms with Crippen LogP contribution >= 0.6 is 0 Å². The summed E-state index contributed by atoms with van der Waals surface area (Å²) in [6.07, 6.45) is 2.40. The number of aryl methyl sites for hydroxylation is 2. The second kappa shape index (κ2) is 5.65. The van der Waals surface area contributed by atoms with Gasteiger partial charge in [-0.05, 0) is 39.8 Å². The molecule has 2 rings (SSSR count). The highest BCUT2D eigenvalue weighted by atomic mass is 16.5. The molecule has 1 aromatic heterocycles. The minimum absolute atomic E-state index is 0.358. The standard InChI is InChI=1S/C13H23N3O/c1-4-16-12(8-10(2)15-16)13(14-3)11-6-5-7-17-9-11/h8,11,13-14H,4-7,9H2,1-3H3. The quantitative estimate of drug-likeness (QED) is 0.869. The molecule has 0 spiro atoms. The van der Waals surface area contributed by atoms with E-state index in [0.717, 1.165) is 25.5 Å². The van der Waals surface area contributed by atoms with E-state index in [1.54, 1.807) is 0 Å². The van der Waals surface area contributed by atoms with Crippen molar-refractivity contribution in [2.75, 3.05) is 20.3 Å². The number of rotatable bonds is 4. The van der Waals surface area contributed by atoms with Crippen molar-refractivity contribution >= 4 is 0 Å². The third-order valence-corrected chi connectivity index (χ3v) is 3.53. The monoisotopic (exact) mass is 237 g/mol. The smallest absolute Gasteiger partial charge is 0.0597 e. The molecule has 4 heteroatoms. The highest BCUT2D eigenvalue weighted by Crippen LogP contribution is 2.28. The van der Waals surface area contributed by atoms with Crippen molar-refractivity contribution in [3.63, 3.8) is 0 Å². The molecule has 0 radical (unpaired) electrons. The SMILES string of the molecule is CCn1nc(C)cc1C(NC)C1CCCOC1. The number of nitrogens with one attached hydrogen (secondary N) is 1. The van der Waals surface area contributed by atoms with Crippen LogP contribution in [0.15, 0.2) is 6.07 Å². The molecule has 96 valence electrons. The van der Waals surface area contributed by atoms with Crippen LogP contribution in [0.1, 0.15) is 37.2 Å². The van der Waals surface area contributed by atoms with Gasteiger partial charge in [-0.3, -0.25) is 4.68 Å². The minimum Gasteiger partial charge on any atom is -0.381 e. The Bertz CT molecular complexity index is 356. The van der Waals surface area contributed by atoms with Crippen molar-refractivity contribution < 1.29 is 4.74 Å². The highest BCUT2D eigenvalue weighted by Gasteiger charge is 2.27. The molecule has 1 N–H and O–H groups in total. The zero-order chi connectivity index (χ0) is 12.3. The van der Waals surface area contributed by atoms with Crippen LogP contribution in [0.25, 0.3) is 0 Å². The summed E-state index contributed by atoms with van der Waals surface area (Å²) < 4.78 is 7.70. The van der Waals surface area contributed by atoms with Crippen LogP contribution in [0.3, 0.4) is 0 Å². The van der Waals surface area contributed by atoms with E-state index in [9.17, 15) is 0 Å². The van der Waals surface area contributed by atoms with E-state index in [1.165, 1.54) is 18.5 Å². The van der Waals surface area contributed by atoms with Gasteiger partial charge in [0.25, 0.3) is 0 Å². The Hall–Kier alpha value is -0.870. The Labute approximate surface area is 103 Å². The van der Waals surface area contributed by atoms with Gasteiger partial charge in [0.05, 0.1) is 24.0 Å². The molecule has 1 fully saturated rings. The molecule has 2 atom stereocenters. The fraction of sp³-hybridized carbons (Fsp3) is 0.769. The molecule has 4 nitrogen and oxygen atoms in total. The molecule has 1 aromatic rings. The lowest BCUT2D eigenvalue weighted by Gasteiger charge is -2.30. The van der Waals surface area contributed by atoms with Gasteiger partial charge < -0.3 is 10.1 Å². The maximum absolute atomic E-state index is 5.60. The number of aromatic nitrogens is 2. The van der Waals surface area contributed by atoms with Crippen LogP contribution in [-0.4, -0.2) is 30.0 Å². The minimum atomic E-state index is 0.358. The Kier molecular flexibility index (Phi) is 4.18. The van der Waals surface area contributed by atoms with Crippen LogP contribution in [0.4, 0.5) is 0 Å². The van der Waals surface area contributed by atoms with E-state index >= 15 is 0 Å². The van der Waals surface area contributed by atoms with Crippen LogP contribution in [-0.2, 0) is 11.3 Å². The van der Waals surface area contributed by atoms with Crippen molar-refractivity contribution in [1.82, 2.24) is 15.1 Å². The Balaban J connectivity index is 2.20. The van der Waals surface area contributed by atoms with Gasteiger partial charge in [0.1, 0.15) is 0 Å². The van der Waals surface area contributed by atoms with E-state index in [4.69, 9.17) is 4.74 Å². The van der Waals surface area contributed by atoms with E-state index in [1.807, 2.05) is 7.05 Å². The lowest BCUT2D eigenvalue weighted by molar-refractivity contribution is 0.0389. The molecular formula is C13H23N3O. The molecule has 1 aliphatic heterocycles. The molecule has 2 heterocycles. The second-order valence-corrected chi connectivity index (χ2v) is 4.77. The van der Waals surface area contributed by atoms with Gasteiger partial charge in [-0.2, -0.15) is 5.10 Å². The van der Waals surface area contributed by atoms with Gasteiger partial charge in [-0.15, -0.1) is 0 Å². The first kappa shape index (κ1) is 12.6. The molecule has 0 bridgehead atoms. The predicted molar refractivity (Wildman–Crippen MR) is 68.0 cm³/mol. The summed E-state index contributed by atoms with van der Waals surface area (Å²) in [5.74, 6) is 0.565. The topological polar surface area (TPSA) is 39.1 Å². The van der Waals surface area contributed by atoms with Gasteiger partial charge >= 0.3 is 0 Å². The summed E-state index contributed by atoms with van der Waals surface area (Å²) >= 11 is 0. The number of hydrogen-bond donors (Lipinski definition) is 1. The molecule has 0 saturated carbocycles. The molecular weight excluding hydrogens is 214 g/mol. The fourth-order valence-electron chi connectivity index (χ4n) is 2.72. The molecule has 0 amide bonds. The first-order chi connectivity index (χ1) is 8.26. The summed E-state index contributed by atoms with van der Waals surface area (Å²) in [6, 6.07) is 2.55. The normalized spacial score (nSPS) is 22.6. The number of hydrogen-bond acceptors (Lipinski definition) is 3. The van der Waals surface area contributed by atoms with Crippen LogP contribution in [0.5, 0.6) is 0 Å². The van der Waals surface area contributed by atoms with Gasteiger partial charge in [0, 0.05) is 19.1 Å². The molecule has 0 aromatic carbocycles. The molecule has 1 aliphatic rings. The van der Waals surface area contributed by atoms with Crippen molar-refractivity contribution in [3.05, 3.63) is 17.5 Å². The zero-order valence-electron chi connectivity index (χ0n) is 11.1. The Morgan fingerprint density at radius 1 is 1.65 bits per heavy atom.